The molecule has 0 unspecified atom stereocenters. The average molecular weight is 477 g/mol. The van der Waals surface area contributed by atoms with Crippen molar-refractivity contribution in [1.29, 1.82) is 0 Å². The standard InChI is InChI=1S/C21H14Cl2N2O5S/c1-13-2-5-17(6-3-13)31(28,29)24-9-8-14-10-16(4-7-20(14)24)30-21-18(22)11-15(25(26)27)12-19(21)23/h2-12H,1H3. The third kappa shape index (κ3) is 3.97. The van der Waals surface area contributed by atoms with Crippen LogP contribution in [0.3, 0.4) is 0 Å². The van der Waals surface area contributed by atoms with E-state index in [1.54, 1.807) is 48.5 Å². The van der Waals surface area contributed by atoms with Crippen LogP contribution in [0.1, 0.15) is 5.56 Å². The molecule has 0 N–H and O–H groups in total. The number of ether oxygens (including phenoxy) is 1. The molecule has 0 aliphatic carbocycles. The topological polar surface area (TPSA) is 91.4 Å². The number of fused-ring (bicyclic) bond motifs is 1. The molecule has 1 heterocycles. The Bertz CT molecular complexity index is 1410. The number of non-ortho nitro benzene ring substituents is 1. The lowest BCUT2D eigenvalue weighted by Crippen LogP contribution is -2.11. The highest BCUT2D eigenvalue weighted by molar-refractivity contribution is 7.90. The first-order valence-electron chi connectivity index (χ1n) is 8.91. The summed E-state index contributed by atoms with van der Waals surface area (Å²) >= 11 is 12.2. The monoisotopic (exact) mass is 476 g/mol. The van der Waals surface area contributed by atoms with E-state index in [2.05, 4.69) is 0 Å². The summed E-state index contributed by atoms with van der Waals surface area (Å²) in [6.45, 7) is 1.88. The van der Waals surface area contributed by atoms with Crippen LogP contribution in [-0.4, -0.2) is 17.3 Å². The quantitative estimate of drug-likeness (QED) is 0.252. The van der Waals surface area contributed by atoms with Crippen molar-refractivity contribution in [2.75, 3.05) is 0 Å². The first-order chi connectivity index (χ1) is 14.7. The van der Waals surface area contributed by atoms with E-state index in [-0.39, 0.29) is 26.4 Å². The number of nitro groups is 1. The van der Waals surface area contributed by atoms with Crippen molar-refractivity contribution in [2.24, 2.45) is 0 Å². The smallest absolute Gasteiger partial charge is 0.272 e. The number of halogens is 2. The predicted octanol–water partition coefficient (Wildman–Crippen LogP) is 6.19. The highest BCUT2D eigenvalue weighted by Crippen LogP contribution is 2.40. The van der Waals surface area contributed by atoms with E-state index in [1.165, 1.54) is 10.2 Å². The third-order valence-electron chi connectivity index (χ3n) is 4.62. The van der Waals surface area contributed by atoms with Gasteiger partial charge in [-0.3, -0.25) is 10.1 Å². The van der Waals surface area contributed by atoms with Gasteiger partial charge in [0.1, 0.15) is 5.75 Å². The molecular formula is C21H14Cl2N2O5S. The lowest BCUT2D eigenvalue weighted by atomic mass is 10.2. The molecule has 0 bridgehead atoms. The Morgan fingerprint density at radius 1 is 0.968 bits per heavy atom. The molecule has 4 aromatic rings. The van der Waals surface area contributed by atoms with Crippen molar-refractivity contribution >= 4 is 49.8 Å². The Balaban J connectivity index is 1.70. The van der Waals surface area contributed by atoms with Crippen molar-refractivity contribution < 1.29 is 18.1 Å². The first-order valence-corrected chi connectivity index (χ1v) is 11.1. The van der Waals surface area contributed by atoms with Crippen LogP contribution >= 0.6 is 23.2 Å². The van der Waals surface area contributed by atoms with E-state index < -0.39 is 14.9 Å². The molecule has 0 saturated heterocycles. The van der Waals surface area contributed by atoms with Crippen molar-refractivity contribution in [1.82, 2.24) is 3.97 Å². The fourth-order valence-electron chi connectivity index (χ4n) is 3.06. The van der Waals surface area contributed by atoms with Gasteiger partial charge in [0.2, 0.25) is 0 Å². The minimum Gasteiger partial charge on any atom is -0.454 e. The van der Waals surface area contributed by atoms with E-state index >= 15 is 0 Å². The Hall–Kier alpha value is -3.07. The number of nitro benzene ring substituents is 1. The molecular weight excluding hydrogens is 463 g/mol. The van der Waals surface area contributed by atoms with Gasteiger partial charge < -0.3 is 4.74 Å². The summed E-state index contributed by atoms with van der Waals surface area (Å²) in [4.78, 5) is 10.5. The zero-order valence-corrected chi connectivity index (χ0v) is 18.3. The number of rotatable bonds is 5. The molecule has 0 spiro atoms. The molecule has 0 amide bonds. The van der Waals surface area contributed by atoms with Gasteiger partial charge >= 0.3 is 0 Å². The molecule has 4 rings (SSSR count). The molecule has 1 aromatic heterocycles. The van der Waals surface area contributed by atoms with Gasteiger partial charge in [-0.25, -0.2) is 12.4 Å². The average Bonchev–Trinajstić information content (AvgIpc) is 3.15. The van der Waals surface area contributed by atoms with E-state index in [1.807, 2.05) is 6.92 Å². The number of aryl methyl sites for hydroxylation is 1. The van der Waals surface area contributed by atoms with Crippen LogP contribution in [0.25, 0.3) is 10.9 Å². The Labute approximate surface area is 187 Å². The number of hydrogen-bond donors (Lipinski definition) is 0. The zero-order valence-electron chi connectivity index (χ0n) is 16.0. The van der Waals surface area contributed by atoms with Crippen molar-refractivity contribution in [3.8, 4) is 11.5 Å². The van der Waals surface area contributed by atoms with Crippen LogP contribution < -0.4 is 4.74 Å². The van der Waals surface area contributed by atoms with E-state index in [0.29, 0.717) is 16.7 Å². The summed E-state index contributed by atoms with van der Waals surface area (Å²) in [6.07, 6.45) is 1.47. The molecule has 31 heavy (non-hydrogen) atoms. The second-order valence-electron chi connectivity index (χ2n) is 6.75. The van der Waals surface area contributed by atoms with Crippen molar-refractivity contribution in [3.05, 3.63) is 92.6 Å². The Morgan fingerprint density at radius 2 is 1.61 bits per heavy atom. The maximum Gasteiger partial charge on any atom is 0.272 e. The molecule has 7 nitrogen and oxygen atoms in total. The zero-order chi connectivity index (χ0) is 22.3. The van der Waals surface area contributed by atoms with Crippen LogP contribution in [0.15, 0.2) is 71.8 Å². The second kappa shape index (κ2) is 7.88. The van der Waals surface area contributed by atoms with Crippen LogP contribution in [0, 0.1) is 17.0 Å². The highest BCUT2D eigenvalue weighted by Gasteiger charge is 2.20. The number of hydrogen-bond acceptors (Lipinski definition) is 5. The minimum absolute atomic E-state index is 0.0150. The summed E-state index contributed by atoms with van der Waals surface area (Å²) in [5.41, 5.74) is 1.17. The summed E-state index contributed by atoms with van der Waals surface area (Å²) in [5, 5.41) is 11.5. The number of aromatic nitrogens is 1. The SMILES string of the molecule is Cc1ccc(S(=O)(=O)n2ccc3cc(Oc4c(Cl)cc([N+](=O)[O-])cc4Cl)ccc32)cc1. The molecule has 0 fully saturated rings. The molecule has 0 radical (unpaired) electrons. The van der Waals surface area contributed by atoms with Gasteiger partial charge in [0.15, 0.2) is 5.75 Å². The summed E-state index contributed by atoms with van der Waals surface area (Å²) < 4.78 is 33.0. The third-order valence-corrected chi connectivity index (χ3v) is 6.88. The van der Waals surface area contributed by atoms with Gasteiger partial charge in [0, 0.05) is 23.7 Å². The van der Waals surface area contributed by atoms with Crippen LogP contribution in [0.2, 0.25) is 10.0 Å². The molecule has 0 aliphatic heterocycles. The summed E-state index contributed by atoms with van der Waals surface area (Å²) in [6, 6.07) is 15.3. The molecule has 0 saturated carbocycles. The summed E-state index contributed by atoms with van der Waals surface area (Å²) in [7, 11) is -3.77. The largest absolute Gasteiger partial charge is 0.454 e. The molecule has 3 aromatic carbocycles. The van der Waals surface area contributed by atoms with Crippen LogP contribution in [0.5, 0.6) is 11.5 Å². The molecule has 10 heteroatoms. The Morgan fingerprint density at radius 3 is 2.23 bits per heavy atom. The van der Waals surface area contributed by atoms with Gasteiger partial charge in [-0.2, -0.15) is 0 Å². The lowest BCUT2D eigenvalue weighted by Gasteiger charge is -2.11. The molecule has 0 atom stereocenters. The maximum atomic E-state index is 13.0. The van der Waals surface area contributed by atoms with E-state index in [9.17, 15) is 18.5 Å². The highest BCUT2D eigenvalue weighted by atomic mass is 35.5. The van der Waals surface area contributed by atoms with Crippen LogP contribution in [0.4, 0.5) is 5.69 Å². The normalized spacial score (nSPS) is 11.6. The molecule has 158 valence electrons. The lowest BCUT2D eigenvalue weighted by molar-refractivity contribution is -0.384. The van der Waals surface area contributed by atoms with Crippen molar-refractivity contribution in [2.45, 2.75) is 11.8 Å². The predicted molar refractivity (Wildman–Crippen MR) is 119 cm³/mol. The number of benzene rings is 3. The van der Waals surface area contributed by atoms with Gasteiger partial charge in [-0.1, -0.05) is 40.9 Å². The van der Waals surface area contributed by atoms with E-state index in [0.717, 1.165) is 17.7 Å². The Kier molecular flexibility index (Phi) is 5.38. The van der Waals surface area contributed by atoms with Crippen molar-refractivity contribution in [3.63, 3.8) is 0 Å². The molecule has 0 aliphatic rings. The fraction of sp³-hybridized carbons (Fsp3) is 0.0476. The van der Waals surface area contributed by atoms with Crippen LogP contribution in [-0.2, 0) is 10.0 Å². The van der Waals surface area contributed by atoms with Gasteiger partial charge in [0.05, 0.1) is 25.4 Å². The number of nitrogens with zero attached hydrogens (tertiary/aromatic N) is 2. The second-order valence-corrected chi connectivity index (χ2v) is 9.38. The maximum absolute atomic E-state index is 13.0. The first kappa shape index (κ1) is 21.2. The minimum atomic E-state index is -3.77. The fourth-order valence-corrected chi connectivity index (χ4v) is 4.97. The van der Waals surface area contributed by atoms with Gasteiger partial charge in [-0.15, -0.1) is 0 Å². The van der Waals surface area contributed by atoms with E-state index in [4.69, 9.17) is 27.9 Å². The van der Waals surface area contributed by atoms with Gasteiger partial charge in [-0.05, 0) is 43.3 Å². The summed E-state index contributed by atoms with van der Waals surface area (Å²) in [5.74, 6) is 0.413. The van der Waals surface area contributed by atoms with Gasteiger partial charge in [0.25, 0.3) is 15.7 Å².